The number of para-hydroxylation sites is 1. The van der Waals surface area contributed by atoms with E-state index >= 15 is 0 Å². The molecule has 0 spiro atoms. The van der Waals surface area contributed by atoms with Gasteiger partial charge in [0.1, 0.15) is 5.75 Å². The Labute approximate surface area is 149 Å². The van der Waals surface area contributed by atoms with Crippen LogP contribution in [0.25, 0.3) is 0 Å². The van der Waals surface area contributed by atoms with Gasteiger partial charge in [-0.25, -0.2) is 0 Å². The van der Waals surface area contributed by atoms with Gasteiger partial charge in [-0.3, -0.25) is 14.7 Å². The van der Waals surface area contributed by atoms with Crippen LogP contribution in [0.2, 0.25) is 0 Å². The number of ether oxygens (including phenoxy) is 1. The van der Waals surface area contributed by atoms with Crippen LogP contribution >= 0.6 is 0 Å². The van der Waals surface area contributed by atoms with Gasteiger partial charge in [-0.15, -0.1) is 0 Å². The van der Waals surface area contributed by atoms with Crippen molar-refractivity contribution >= 4 is 5.91 Å². The molecule has 0 saturated carbocycles. The second-order valence-corrected chi connectivity index (χ2v) is 6.44. The number of pyridine rings is 1. The van der Waals surface area contributed by atoms with Gasteiger partial charge in [0.15, 0.2) is 0 Å². The van der Waals surface area contributed by atoms with Gasteiger partial charge in [-0.05, 0) is 31.2 Å². The maximum atomic E-state index is 12.7. The average Bonchev–Trinajstić information content (AvgIpc) is 2.67. The predicted molar refractivity (Wildman–Crippen MR) is 97.5 cm³/mol. The number of nitrogens with zero attached hydrogens (tertiary/aromatic N) is 3. The minimum Gasteiger partial charge on any atom is -0.496 e. The number of aromatic nitrogens is 1. The van der Waals surface area contributed by atoms with Crippen LogP contribution in [0.1, 0.15) is 23.6 Å². The zero-order chi connectivity index (χ0) is 17.6. The first-order valence-electron chi connectivity index (χ1n) is 8.69. The first-order chi connectivity index (χ1) is 12.2. The van der Waals surface area contributed by atoms with Crippen molar-refractivity contribution < 1.29 is 9.53 Å². The quantitative estimate of drug-likeness (QED) is 0.840. The van der Waals surface area contributed by atoms with Crippen molar-refractivity contribution in [3.8, 4) is 5.75 Å². The molecule has 1 atom stereocenters. The zero-order valence-electron chi connectivity index (χ0n) is 14.9. The van der Waals surface area contributed by atoms with Gasteiger partial charge in [-0.2, -0.15) is 0 Å². The van der Waals surface area contributed by atoms with Crippen molar-refractivity contribution in [1.29, 1.82) is 0 Å². The topological polar surface area (TPSA) is 45.7 Å². The highest BCUT2D eigenvalue weighted by molar-refractivity contribution is 5.76. The molecule has 0 radical (unpaired) electrons. The van der Waals surface area contributed by atoms with E-state index < -0.39 is 0 Å². The Hall–Kier alpha value is -2.40. The summed E-state index contributed by atoms with van der Waals surface area (Å²) in [5, 5.41) is 0. The first kappa shape index (κ1) is 17.4. The van der Waals surface area contributed by atoms with E-state index in [-0.39, 0.29) is 11.9 Å². The van der Waals surface area contributed by atoms with E-state index in [1.54, 1.807) is 13.3 Å². The largest absolute Gasteiger partial charge is 0.496 e. The van der Waals surface area contributed by atoms with Crippen LogP contribution in [-0.2, 0) is 11.2 Å². The van der Waals surface area contributed by atoms with E-state index in [2.05, 4.69) is 23.0 Å². The number of rotatable bonds is 5. The van der Waals surface area contributed by atoms with Crippen molar-refractivity contribution in [3.63, 3.8) is 0 Å². The summed E-state index contributed by atoms with van der Waals surface area (Å²) in [6, 6.07) is 12.1. The predicted octanol–water partition coefficient (Wildman–Crippen LogP) is 2.54. The van der Waals surface area contributed by atoms with Crippen LogP contribution in [0.15, 0.2) is 48.8 Å². The second kappa shape index (κ2) is 8.12. The van der Waals surface area contributed by atoms with Gasteiger partial charge in [0, 0.05) is 44.0 Å². The molecule has 1 aromatic heterocycles. The maximum absolute atomic E-state index is 12.7. The molecular weight excluding hydrogens is 314 g/mol. The normalized spacial score (nSPS) is 18.2. The Balaban J connectivity index is 1.66. The Morgan fingerprint density at radius 1 is 1.24 bits per heavy atom. The summed E-state index contributed by atoms with van der Waals surface area (Å²) in [7, 11) is 3.80. The Kier molecular flexibility index (Phi) is 5.66. The second-order valence-electron chi connectivity index (χ2n) is 6.44. The molecule has 1 aliphatic rings. The summed E-state index contributed by atoms with van der Waals surface area (Å²) < 4.78 is 5.51. The summed E-state index contributed by atoms with van der Waals surface area (Å²) >= 11 is 0. The summed E-state index contributed by atoms with van der Waals surface area (Å²) in [6.45, 7) is 2.33. The van der Waals surface area contributed by atoms with Crippen molar-refractivity contribution in [3.05, 3.63) is 59.9 Å². The number of carbonyl (C=O) groups is 1. The number of methoxy groups -OCH3 is 1. The molecular formula is C20H25N3O2. The van der Waals surface area contributed by atoms with Gasteiger partial charge in [-0.1, -0.05) is 24.3 Å². The third-order valence-electron chi connectivity index (χ3n) is 4.85. The molecule has 132 valence electrons. The number of likely N-dealkylation sites (N-methyl/N-ethyl adjacent to an activating group) is 1. The van der Waals surface area contributed by atoms with Crippen LogP contribution in [0.4, 0.5) is 0 Å². The smallest absolute Gasteiger partial charge is 0.223 e. The molecule has 1 unspecified atom stereocenters. The number of amides is 1. The van der Waals surface area contributed by atoms with E-state index in [1.807, 2.05) is 41.4 Å². The molecule has 1 amide bonds. The SMILES string of the molecule is COc1ccccc1C1CN(C(=O)CCc2cccnc2)CCN1C. The Bertz CT molecular complexity index is 705. The lowest BCUT2D eigenvalue weighted by molar-refractivity contribution is -0.134. The molecule has 1 saturated heterocycles. The first-order valence-corrected chi connectivity index (χ1v) is 8.69. The van der Waals surface area contributed by atoms with Gasteiger partial charge in [0.05, 0.1) is 13.2 Å². The zero-order valence-corrected chi connectivity index (χ0v) is 14.9. The minimum absolute atomic E-state index is 0.159. The molecule has 0 bridgehead atoms. The number of benzene rings is 1. The van der Waals surface area contributed by atoms with Gasteiger partial charge in [0.25, 0.3) is 0 Å². The molecule has 1 aromatic carbocycles. The number of hydrogen-bond donors (Lipinski definition) is 0. The molecule has 0 N–H and O–H groups in total. The summed E-state index contributed by atoms with van der Waals surface area (Å²) in [4.78, 5) is 21.0. The lowest BCUT2D eigenvalue weighted by Crippen LogP contribution is -2.49. The third kappa shape index (κ3) is 4.17. The number of carbonyl (C=O) groups excluding carboxylic acids is 1. The molecule has 25 heavy (non-hydrogen) atoms. The fraction of sp³-hybridized carbons (Fsp3) is 0.400. The van der Waals surface area contributed by atoms with E-state index in [0.717, 1.165) is 36.4 Å². The number of piperazine rings is 1. The molecule has 2 aromatic rings. The van der Waals surface area contributed by atoms with Crippen molar-refractivity contribution in [1.82, 2.24) is 14.8 Å². The van der Waals surface area contributed by atoms with Crippen molar-refractivity contribution in [2.24, 2.45) is 0 Å². The lowest BCUT2D eigenvalue weighted by atomic mass is 10.0. The molecule has 1 fully saturated rings. The highest BCUT2D eigenvalue weighted by atomic mass is 16.5. The average molecular weight is 339 g/mol. The molecule has 3 rings (SSSR count). The Morgan fingerprint density at radius 2 is 2.08 bits per heavy atom. The number of aryl methyl sites for hydroxylation is 1. The molecule has 2 heterocycles. The molecule has 1 aliphatic heterocycles. The van der Waals surface area contributed by atoms with Crippen LogP contribution < -0.4 is 4.74 Å². The third-order valence-corrected chi connectivity index (χ3v) is 4.85. The van der Waals surface area contributed by atoms with Gasteiger partial charge >= 0.3 is 0 Å². The van der Waals surface area contributed by atoms with Crippen LogP contribution in [0, 0.1) is 0 Å². The van der Waals surface area contributed by atoms with Crippen LogP contribution in [-0.4, -0.2) is 54.5 Å². The van der Waals surface area contributed by atoms with Crippen LogP contribution in [0.5, 0.6) is 5.75 Å². The maximum Gasteiger partial charge on any atom is 0.223 e. The van der Waals surface area contributed by atoms with Gasteiger partial charge < -0.3 is 9.64 Å². The standard InChI is InChI=1S/C20H25N3O2/c1-22-12-13-23(20(24)10-9-16-6-5-11-21-14-16)15-18(22)17-7-3-4-8-19(17)25-2/h3-8,11,14,18H,9-10,12-13,15H2,1-2H3. The summed E-state index contributed by atoms with van der Waals surface area (Å²) in [5.41, 5.74) is 2.24. The monoisotopic (exact) mass is 339 g/mol. The fourth-order valence-electron chi connectivity index (χ4n) is 3.33. The molecule has 0 aliphatic carbocycles. The Morgan fingerprint density at radius 3 is 2.84 bits per heavy atom. The number of hydrogen-bond acceptors (Lipinski definition) is 4. The van der Waals surface area contributed by atoms with E-state index in [0.29, 0.717) is 13.0 Å². The van der Waals surface area contributed by atoms with Crippen molar-refractivity contribution in [2.45, 2.75) is 18.9 Å². The summed E-state index contributed by atoms with van der Waals surface area (Å²) in [5.74, 6) is 1.08. The van der Waals surface area contributed by atoms with Crippen LogP contribution in [0.3, 0.4) is 0 Å². The van der Waals surface area contributed by atoms with E-state index in [4.69, 9.17) is 4.74 Å². The van der Waals surface area contributed by atoms with Crippen molar-refractivity contribution in [2.75, 3.05) is 33.8 Å². The highest BCUT2D eigenvalue weighted by Gasteiger charge is 2.29. The van der Waals surface area contributed by atoms with E-state index in [1.165, 1.54) is 0 Å². The fourth-order valence-corrected chi connectivity index (χ4v) is 3.33. The van der Waals surface area contributed by atoms with E-state index in [9.17, 15) is 4.79 Å². The highest BCUT2D eigenvalue weighted by Crippen LogP contribution is 2.31. The lowest BCUT2D eigenvalue weighted by Gasteiger charge is -2.40. The minimum atomic E-state index is 0.159. The summed E-state index contributed by atoms with van der Waals surface area (Å²) in [6.07, 6.45) is 4.84. The molecule has 5 nitrogen and oxygen atoms in total. The molecule has 5 heteroatoms. The van der Waals surface area contributed by atoms with Gasteiger partial charge in [0.2, 0.25) is 5.91 Å².